The molecule has 1 saturated carbocycles. The van der Waals surface area contributed by atoms with Gasteiger partial charge in [-0.1, -0.05) is 11.6 Å². The molecule has 1 aromatic rings. The highest BCUT2D eigenvalue weighted by atomic mass is 35.5. The van der Waals surface area contributed by atoms with Gasteiger partial charge in [0.1, 0.15) is 12.4 Å². The van der Waals surface area contributed by atoms with Crippen molar-refractivity contribution in [2.45, 2.75) is 44.6 Å². The van der Waals surface area contributed by atoms with E-state index in [0.717, 1.165) is 43.8 Å². The van der Waals surface area contributed by atoms with Crippen molar-refractivity contribution in [3.8, 4) is 5.75 Å². The first-order valence-electron chi connectivity index (χ1n) is 10.5. The monoisotopic (exact) mass is 421 g/mol. The molecule has 0 bridgehead atoms. The van der Waals surface area contributed by atoms with Crippen LogP contribution < -0.4 is 15.4 Å². The van der Waals surface area contributed by atoms with Gasteiger partial charge in [0.05, 0.1) is 17.3 Å². The van der Waals surface area contributed by atoms with Crippen LogP contribution in [0.4, 0.5) is 10.5 Å². The Labute approximate surface area is 176 Å². The molecule has 158 valence electrons. The number of fused-ring (bicyclic) bond motifs is 1. The molecule has 1 aliphatic carbocycles. The summed E-state index contributed by atoms with van der Waals surface area (Å²) in [5.41, 5.74) is 1.66. The number of carbonyl (C=O) groups excluding carboxylic acids is 2. The number of hydrogen-bond acceptors (Lipinski definition) is 5. The highest BCUT2D eigenvalue weighted by Crippen LogP contribution is 2.37. The Hall–Kier alpha value is -1.99. The minimum Gasteiger partial charge on any atom is -0.492 e. The number of carbonyl (C=O) groups is 2. The van der Waals surface area contributed by atoms with Crippen LogP contribution in [0, 0.1) is 5.92 Å². The average Bonchev–Trinajstić information content (AvgIpc) is 3.54. The minimum absolute atomic E-state index is 0.00977. The summed E-state index contributed by atoms with van der Waals surface area (Å²) in [5, 5.41) is 6.37. The lowest BCUT2D eigenvalue weighted by atomic mass is 10.0. The van der Waals surface area contributed by atoms with E-state index in [1.54, 1.807) is 6.07 Å². The molecule has 7 nitrogen and oxygen atoms in total. The van der Waals surface area contributed by atoms with Gasteiger partial charge in [-0.25, -0.2) is 4.79 Å². The van der Waals surface area contributed by atoms with E-state index in [0.29, 0.717) is 42.7 Å². The summed E-state index contributed by atoms with van der Waals surface area (Å²) in [6, 6.07) is 3.83. The Kier molecular flexibility index (Phi) is 6.45. The third kappa shape index (κ3) is 5.54. The highest BCUT2D eigenvalue weighted by molar-refractivity contribution is 6.34. The van der Waals surface area contributed by atoms with Crippen LogP contribution in [0.2, 0.25) is 5.02 Å². The summed E-state index contributed by atoms with van der Waals surface area (Å²) < 4.78 is 11.3. The van der Waals surface area contributed by atoms with Crippen molar-refractivity contribution >= 4 is 29.3 Å². The van der Waals surface area contributed by atoms with Crippen LogP contribution in [0.3, 0.4) is 0 Å². The van der Waals surface area contributed by atoms with Crippen LogP contribution in [-0.4, -0.2) is 55.8 Å². The minimum atomic E-state index is -0.279. The Morgan fingerprint density at radius 1 is 1.21 bits per heavy atom. The van der Waals surface area contributed by atoms with Crippen LogP contribution >= 0.6 is 11.6 Å². The lowest BCUT2D eigenvalue weighted by molar-refractivity contribution is -0.116. The van der Waals surface area contributed by atoms with Crippen LogP contribution in [0.15, 0.2) is 12.1 Å². The van der Waals surface area contributed by atoms with E-state index in [1.165, 1.54) is 12.8 Å². The van der Waals surface area contributed by atoms with Crippen molar-refractivity contribution in [3.63, 3.8) is 0 Å². The van der Waals surface area contributed by atoms with Gasteiger partial charge in [0.2, 0.25) is 5.91 Å². The summed E-state index contributed by atoms with van der Waals surface area (Å²) in [5.74, 6) is 1.37. The lowest BCUT2D eigenvalue weighted by Crippen LogP contribution is -2.45. The van der Waals surface area contributed by atoms with Gasteiger partial charge in [0, 0.05) is 37.7 Å². The van der Waals surface area contributed by atoms with Gasteiger partial charge in [0.15, 0.2) is 0 Å². The number of likely N-dealkylation sites (tertiary alicyclic amines) is 1. The quantitative estimate of drug-likeness (QED) is 0.706. The maximum absolute atomic E-state index is 11.8. The molecule has 0 radical (unpaired) electrons. The van der Waals surface area contributed by atoms with E-state index >= 15 is 0 Å². The van der Waals surface area contributed by atoms with Gasteiger partial charge in [0.25, 0.3) is 0 Å². The molecule has 8 heteroatoms. The van der Waals surface area contributed by atoms with Crippen molar-refractivity contribution in [1.29, 1.82) is 0 Å². The smallest absolute Gasteiger partial charge is 0.407 e. The number of amides is 2. The van der Waals surface area contributed by atoms with Gasteiger partial charge < -0.3 is 20.1 Å². The maximum atomic E-state index is 11.8. The molecular weight excluding hydrogens is 394 g/mol. The first-order chi connectivity index (χ1) is 14.1. The van der Waals surface area contributed by atoms with Crippen molar-refractivity contribution in [3.05, 3.63) is 22.7 Å². The fraction of sp³-hybridized carbons (Fsp3) is 0.619. The van der Waals surface area contributed by atoms with Crippen LogP contribution in [-0.2, 0) is 16.0 Å². The summed E-state index contributed by atoms with van der Waals surface area (Å²) in [4.78, 5) is 25.8. The van der Waals surface area contributed by atoms with E-state index in [4.69, 9.17) is 21.1 Å². The molecule has 2 heterocycles. The number of benzene rings is 1. The zero-order valence-corrected chi connectivity index (χ0v) is 17.3. The van der Waals surface area contributed by atoms with Gasteiger partial charge in [-0.05, 0) is 50.2 Å². The summed E-state index contributed by atoms with van der Waals surface area (Å²) in [6.07, 6.45) is 5.01. The number of nitrogens with zero attached hydrogens (tertiary/aromatic N) is 1. The molecule has 2 amide bonds. The molecular formula is C21H28ClN3O4. The fourth-order valence-corrected chi connectivity index (χ4v) is 4.06. The molecule has 1 saturated heterocycles. The van der Waals surface area contributed by atoms with Crippen LogP contribution in [0.1, 0.15) is 37.7 Å². The molecule has 2 N–H and O–H groups in total. The fourth-order valence-electron chi connectivity index (χ4n) is 3.83. The van der Waals surface area contributed by atoms with E-state index < -0.39 is 0 Å². The first kappa shape index (κ1) is 20.3. The largest absolute Gasteiger partial charge is 0.492 e. The molecule has 2 fully saturated rings. The third-order valence-electron chi connectivity index (χ3n) is 5.81. The summed E-state index contributed by atoms with van der Waals surface area (Å²) in [6.45, 7) is 3.80. The van der Waals surface area contributed by atoms with E-state index in [-0.39, 0.29) is 18.0 Å². The van der Waals surface area contributed by atoms with Gasteiger partial charge in [-0.3, -0.25) is 9.69 Å². The van der Waals surface area contributed by atoms with Crippen LogP contribution in [0.5, 0.6) is 5.75 Å². The summed E-state index contributed by atoms with van der Waals surface area (Å²) >= 11 is 6.21. The van der Waals surface area contributed by atoms with Crippen molar-refractivity contribution < 1.29 is 19.1 Å². The molecule has 1 aromatic carbocycles. The second-order valence-corrected chi connectivity index (χ2v) is 8.51. The van der Waals surface area contributed by atoms with E-state index in [2.05, 4.69) is 15.5 Å². The molecule has 4 rings (SSSR count). The van der Waals surface area contributed by atoms with Gasteiger partial charge in [-0.15, -0.1) is 0 Å². The third-order valence-corrected chi connectivity index (χ3v) is 6.12. The molecule has 0 atom stereocenters. The number of hydrogen-bond donors (Lipinski definition) is 2. The first-order valence-corrected chi connectivity index (χ1v) is 10.9. The number of ether oxygens (including phenoxy) is 2. The standard InChI is InChI=1S/C21H28ClN3O4/c22-17-4-5-18(16-3-6-19(26)24-20(16)17)28-12-11-25-9-7-15(8-10-25)23-21(27)29-13-14-1-2-14/h4-5,14-15H,1-3,6-13H2,(H,23,27)(H,24,26). The average molecular weight is 422 g/mol. The van der Waals surface area contributed by atoms with Gasteiger partial charge in [-0.2, -0.15) is 0 Å². The van der Waals surface area contributed by atoms with Crippen LogP contribution in [0.25, 0.3) is 0 Å². The van der Waals surface area contributed by atoms with Gasteiger partial charge >= 0.3 is 6.09 Å². The predicted molar refractivity (Wildman–Crippen MR) is 111 cm³/mol. The number of piperidine rings is 1. The number of alkyl carbamates (subject to hydrolysis) is 1. The number of halogens is 1. The SMILES string of the molecule is O=C1CCc2c(OCCN3CCC(NC(=O)OCC4CC4)CC3)ccc(Cl)c2N1. The summed E-state index contributed by atoms with van der Waals surface area (Å²) in [7, 11) is 0. The predicted octanol–water partition coefficient (Wildman–Crippen LogP) is 3.20. The Balaban J connectivity index is 1.18. The topological polar surface area (TPSA) is 79.9 Å². The molecule has 3 aliphatic rings. The Bertz CT molecular complexity index is 761. The second-order valence-electron chi connectivity index (χ2n) is 8.10. The second kappa shape index (κ2) is 9.22. The normalized spacial score (nSPS) is 20.0. The molecule has 0 aromatic heterocycles. The molecule has 0 spiro atoms. The zero-order chi connectivity index (χ0) is 20.2. The van der Waals surface area contributed by atoms with E-state index in [1.807, 2.05) is 6.07 Å². The number of anilines is 1. The lowest BCUT2D eigenvalue weighted by Gasteiger charge is -2.32. The maximum Gasteiger partial charge on any atom is 0.407 e. The molecule has 29 heavy (non-hydrogen) atoms. The molecule has 2 aliphatic heterocycles. The number of nitrogens with one attached hydrogen (secondary N) is 2. The molecule has 0 unspecified atom stereocenters. The number of rotatable bonds is 7. The van der Waals surface area contributed by atoms with Crippen molar-refractivity contribution in [1.82, 2.24) is 10.2 Å². The Morgan fingerprint density at radius 2 is 2.00 bits per heavy atom. The Morgan fingerprint density at radius 3 is 2.76 bits per heavy atom. The zero-order valence-electron chi connectivity index (χ0n) is 16.5. The van der Waals surface area contributed by atoms with Crippen molar-refractivity contribution in [2.75, 3.05) is 38.2 Å². The van der Waals surface area contributed by atoms with Crippen molar-refractivity contribution in [2.24, 2.45) is 5.92 Å². The van der Waals surface area contributed by atoms with E-state index in [9.17, 15) is 9.59 Å². The highest BCUT2D eigenvalue weighted by Gasteiger charge is 2.25.